The number of nitrogens with zero attached hydrogens (tertiary/aromatic N) is 4. The van der Waals surface area contributed by atoms with Crippen molar-refractivity contribution in [1.82, 2.24) is 29.7 Å². The summed E-state index contributed by atoms with van der Waals surface area (Å²) in [5.74, 6) is 0.897. The van der Waals surface area contributed by atoms with E-state index in [0.29, 0.717) is 11.3 Å². The van der Waals surface area contributed by atoms with Gasteiger partial charge in [-0.25, -0.2) is 9.67 Å². The van der Waals surface area contributed by atoms with E-state index in [9.17, 15) is 4.79 Å². The van der Waals surface area contributed by atoms with Crippen molar-refractivity contribution in [2.45, 2.75) is 13.8 Å². The predicted molar refractivity (Wildman–Crippen MR) is 132 cm³/mol. The Morgan fingerprint density at radius 1 is 0.912 bits per heavy atom. The molecule has 4 heterocycles. The van der Waals surface area contributed by atoms with E-state index in [4.69, 9.17) is 5.73 Å². The molecule has 0 spiro atoms. The van der Waals surface area contributed by atoms with Crippen molar-refractivity contribution in [1.29, 1.82) is 0 Å². The van der Waals surface area contributed by atoms with E-state index in [1.165, 1.54) is 6.20 Å². The Kier molecular flexibility index (Phi) is 4.35. The molecule has 6 rings (SSSR count). The van der Waals surface area contributed by atoms with E-state index in [0.717, 1.165) is 50.3 Å². The van der Waals surface area contributed by atoms with Gasteiger partial charge in [0.25, 0.3) is 0 Å². The molecule has 0 fully saturated rings. The van der Waals surface area contributed by atoms with Crippen molar-refractivity contribution in [2.75, 3.05) is 5.73 Å². The third-order valence-corrected chi connectivity index (χ3v) is 5.99. The summed E-state index contributed by atoms with van der Waals surface area (Å²) >= 11 is 0. The zero-order valence-electron chi connectivity index (χ0n) is 18.6. The second-order valence-electron chi connectivity index (χ2n) is 8.38. The lowest BCUT2D eigenvalue weighted by molar-refractivity contribution is 0.103. The molecule has 6 aromatic rings. The lowest BCUT2D eigenvalue weighted by Crippen LogP contribution is -2.07. The number of aromatic amines is 2. The lowest BCUT2D eigenvalue weighted by Gasteiger charge is -2.05. The molecule has 4 N–H and O–H groups in total. The number of imidazole rings is 1. The summed E-state index contributed by atoms with van der Waals surface area (Å²) in [6.45, 7) is 3.86. The summed E-state index contributed by atoms with van der Waals surface area (Å²) in [4.78, 5) is 28.5. The molecule has 0 saturated carbocycles. The van der Waals surface area contributed by atoms with Crippen LogP contribution in [0.4, 0.5) is 5.82 Å². The maximum absolute atomic E-state index is 13.3. The lowest BCUT2D eigenvalue weighted by atomic mass is 10.1. The largest absolute Gasteiger partial charge is 0.383 e. The molecule has 0 atom stereocenters. The number of hydrogen-bond donors (Lipinski definition) is 3. The van der Waals surface area contributed by atoms with E-state index in [-0.39, 0.29) is 11.6 Å². The molecule has 0 unspecified atom stereocenters. The molecule has 2 aromatic carbocycles. The minimum Gasteiger partial charge on any atom is -0.383 e. The van der Waals surface area contributed by atoms with Gasteiger partial charge in [-0.05, 0) is 61.9 Å². The first-order chi connectivity index (χ1) is 16.5. The number of H-pyrrole nitrogens is 2. The number of hydrogen-bond acceptors (Lipinski definition) is 5. The molecule has 0 aliphatic heterocycles. The third kappa shape index (κ3) is 3.24. The normalized spacial score (nSPS) is 11.5. The van der Waals surface area contributed by atoms with Crippen LogP contribution in [-0.4, -0.2) is 35.5 Å². The smallest absolute Gasteiger partial charge is 0.214 e. The highest BCUT2D eigenvalue weighted by Gasteiger charge is 2.20. The number of carbonyl (C=O) groups excluding carboxylic acids is 1. The zero-order valence-corrected chi connectivity index (χ0v) is 18.6. The average Bonchev–Trinajstić information content (AvgIpc) is 3.53. The van der Waals surface area contributed by atoms with Crippen LogP contribution in [0, 0.1) is 13.8 Å². The van der Waals surface area contributed by atoms with Crippen molar-refractivity contribution >= 4 is 33.5 Å². The highest BCUT2D eigenvalue weighted by Crippen LogP contribution is 2.27. The van der Waals surface area contributed by atoms with Crippen LogP contribution in [0.15, 0.2) is 67.0 Å². The van der Waals surface area contributed by atoms with Crippen LogP contribution in [0.25, 0.3) is 38.8 Å². The molecule has 0 amide bonds. The SMILES string of the molecule is Cc1ccc(-c2ccc3[nH]c(C(=O)c4cnn(-c5ccc6[nH]c(C)nc6c5)c4N)cc3c2)cn1. The van der Waals surface area contributed by atoms with Gasteiger partial charge < -0.3 is 15.7 Å². The Bertz CT molecular complexity index is 1700. The predicted octanol–water partition coefficient (Wildman–Crippen LogP) is 4.72. The molecule has 8 heteroatoms. The Balaban J connectivity index is 1.34. The second kappa shape index (κ2) is 7.41. The van der Waals surface area contributed by atoms with E-state index < -0.39 is 0 Å². The van der Waals surface area contributed by atoms with Gasteiger partial charge in [0.1, 0.15) is 11.6 Å². The Hall–Kier alpha value is -4.72. The number of benzene rings is 2. The third-order valence-electron chi connectivity index (χ3n) is 5.99. The Morgan fingerprint density at radius 2 is 1.74 bits per heavy atom. The first kappa shape index (κ1) is 19.9. The molecule has 0 bridgehead atoms. The van der Waals surface area contributed by atoms with Gasteiger partial charge in [0.05, 0.1) is 34.2 Å². The van der Waals surface area contributed by atoms with E-state index in [1.54, 1.807) is 4.68 Å². The van der Waals surface area contributed by atoms with Crippen molar-refractivity contribution in [3.63, 3.8) is 0 Å². The fourth-order valence-electron chi connectivity index (χ4n) is 4.21. The summed E-state index contributed by atoms with van der Waals surface area (Å²) in [5.41, 5.74) is 13.5. The van der Waals surface area contributed by atoms with E-state index in [1.807, 2.05) is 74.6 Å². The van der Waals surface area contributed by atoms with Crippen LogP contribution in [-0.2, 0) is 0 Å². The maximum Gasteiger partial charge on any atom is 0.214 e. The Labute approximate surface area is 194 Å². The summed E-state index contributed by atoms with van der Waals surface area (Å²) < 4.78 is 1.56. The number of aryl methyl sites for hydroxylation is 2. The number of carbonyl (C=O) groups is 1. The van der Waals surface area contributed by atoms with Crippen LogP contribution in [0.5, 0.6) is 0 Å². The standard InChI is InChI=1S/C26H21N7O/c1-14-3-4-17(12-28-14)16-5-7-21-18(9-16)10-24(32-21)25(34)20-13-29-33(26(20)27)19-6-8-22-23(11-19)31-15(2)30-22/h3-13,32H,27H2,1-2H3,(H,30,31). The molecule has 34 heavy (non-hydrogen) atoms. The molecule has 0 saturated heterocycles. The van der Waals surface area contributed by atoms with Gasteiger partial charge in [0.2, 0.25) is 5.78 Å². The highest BCUT2D eigenvalue weighted by atomic mass is 16.1. The number of nitrogen functional groups attached to an aromatic ring is 1. The topological polar surface area (TPSA) is 118 Å². The van der Waals surface area contributed by atoms with E-state index >= 15 is 0 Å². The molecule has 0 aliphatic carbocycles. The number of ketones is 1. The van der Waals surface area contributed by atoms with Gasteiger partial charge in [0.15, 0.2) is 0 Å². The number of fused-ring (bicyclic) bond motifs is 2. The van der Waals surface area contributed by atoms with E-state index in [2.05, 4.69) is 25.0 Å². The zero-order chi connectivity index (χ0) is 23.4. The molecular formula is C26H21N7O. The molecule has 166 valence electrons. The van der Waals surface area contributed by atoms with Gasteiger partial charge in [-0.2, -0.15) is 5.10 Å². The van der Waals surface area contributed by atoms with Crippen molar-refractivity contribution in [2.24, 2.45) is 0 Å². The van der Waals surface area contributed by atoms with Crippen molar-refractivity contribution in [3.05, 3.63) is 89.8 Å². The maximum atomic E-state index is 13.3. The van der Waals surface area contributed by atoms with Crippen LogP contribution in [0.2, 0.25) is 0 Å². The van der Waals surface area contributed by atoms with Gasteiger partial charge in [-0.15, -0.1) is 0 Å². The minimum absolute atomic E-state index is 0.213. The Morgan fingerprint density at radius 3 is 2.56 bits per heavy atom. The fourth-order valence-corrected chi connectivity index (χ4v) is 4.21. The van der Waals surface area contributed by atoms with Crippen LogP contribution < -0.4 is 5.73 Å². The first-order valence-electron chi connectivity index (χ1n) is 10.9. The number of aromatic nitrogens is 6. The second-order valence-corrected chi connectivity index (χ2v) is 8.38. The van der Waals surface area contributed by atoms with Gasteiger partial charge in [-0.3, -0.25) is 9.78 Å². The molecule has 8 nitrogen and oxygen atoms in total. The number of nitrogens with one attached hydrogen (secondary N) is 2. The van der Waals surface area contributed by atoms with Gasteiger partial charge >= 0.3 is 0 Å². The molecule has 0 radical (unpaired) electrons. The average molecular weight is 448 g/mol. The number of nitrogens with two attached hydrogens (primary N) is 1. The summed E-state index contributed by atoms with van der Waals surface area (Å²) in [6.07, 6.45) is 3.36. The highest BCUT2D eigenvalue weighted by molar-refractivity contribution is 6.12. The van der Waals surface area contributed by atoms with Crippen molar-refractivity contribution in [3.8, 4) is 16.8 Å². The number of anilines is 1. The first-order valence-corrected chi connectivity index (χ1v) is 10.9. The quantitative estimate of drug-likeness (QED) is 0.338. The van der Waals surface area contributed by atoms with Gasteiger partial charge in [0, 0.05) is 28.4 Å². The van der Waals surface area contributed by atoms with Crippen molar-refractivity contribution < 1.29 is 4.79 Å². The van der Waals surface area contributed by atoms with Crippen LogP contribution in [0.1, 0.15) is 27.6 Å². The summed E-state index contributed by atoms with van der Waals surface area (Å²) in [7, 11) is 0. The molecule has 4 aromatic heterocycles. The molecule has 0 aliphatic rings. The monoisotopic (exact) mass is 447 g/mol. The summed E-state index contributed by atoms with van der Waals surface area (Å²) in [5, 5.41) is 5.31. The fraction of sp³-hybridized carbons (Fsp3) is 0.0769. The summed E-state index contributed by atoms with van der Waals surface area (Å²) in [6, 6.07) is 17.6. The van der Waals surface area contributed by atoms with Crippen LogP contribution in [0.3, 0.4) is 0 Å². The van der Waals surface area contributed by atoms with Gasteiger partial charge in [-0.1, -0.05) is 12.1 Å². The minimum atomic E-state index is -0.213. The number of rotatable bonds is 4. The van der Waals surface area contributed by atoms with Crippen LogP contribution >= 0.6 is 0 Å². The number of pyridine rings is 1. The molecular weight excluding hydrogens is 426 g/mol.